The number of aryl methyl sites for hydroxylation is 1. The fourth-order valence-electron chi connectivity index (χ4n) is 2.46. The first-order valence-corrected chi connectivity index (χ1v) is 6.37. The molecule has 0 spiro atoms. The fourth-order valence-corrected chi connectivity index (χ4v) is 2.46. The van der Waals surface area contributed by atoms with Crippen molar-refractivity contribution in [3.63, 3.8) is 0 Å². The molecule has 16 heavy (non-hydrogen) atoms. The Morgan fingerprint density at radius 2 is 2.00 bits per heavy atom. The molecule has 0 radical (unpaired) electrons. The van der Waals surface area contributed by atoms with Gasteiger partial charge in [-0.3, -0.25) is 0 Å². The van der Waals surface area contributed by atoms with Gasteiger partial charge in [0.15, 0.2) is 0 Å². The van der Waals surface area contributed by atoms with Crippen LogP contribution in [0, 0.1) is 12.8 Å². The van der Waals surface area contributed by atoms with Gasteiger partial charge in [0.05, 0.1) is 11.4 Å². The maximum Gasteiger partial charge on any atom is 0.0632 e. The van der Waals surface area contributed by atoms with E-state index in [1.54, 1.807) is 0 Å². The minimum Gasteiger partial charge on any atom is -0.397 e. The topological polar surface area (TPSA) is 29.3 Å². The Morgan fingerprint density at radius 1 is 1.25 bits per heavy atom. The van der Waals surface area contributed by atoms with E-state index < -0.39 is 0 Å². The maximum absolute atomic E-state index is 6.14. The van der Waals surface area contributed by atoms with Crippen molar-refractivity contribution >= 4 is 11.4 Å². The molecule has 0 aromatic heterocycles. The van der Waals surface area contributed by atoms with Gasteiger partial charge in [-0.1, -0.05) is 12.1 Å². The van der Waals surface area contributed by atoms with Crippen LogP contribution in [0.15, 0.2) is 18.2 Å². The molecule has 0 aliphatic heterocycles. The highest BCUT2D eigenvalue weighted by Crippen LogP contribution is 2.40. The third-order valence-electron chi connectivity index (χ3n) is 3.70. The van der Waals surface area contributed by atoms with E-state index in [2.05, 4.69) is 24.0 Å². The van der Waals surface area contributed by atoms with Gasteiger partial charge >= 0.3 is 0 Å². The molecule has 0 heterocycles. The Labute approximate surface area is 97.4 Å². The third kappa shape index (κ3) is 1.89. The van der Waals surface area contributed by atoms with Crippen LogP contribution in [0.1, 0.15) is 31.2 Å². The van der Waals surface area contributed by atoms with Gasteiger partial charge in [0.2, 0.25) is 0 Å². The van der Waals surface area contributed by atoms with E-state index in [4.69, 9.17) is 5.73 Å². The summed E-state index contributed by atoms with van der Waals surface area (Å²) in [4.78, 5) is 2.57. The Morgan fingerprint density at radius 3 is 2.56 bits per heavy atom. The smallest absolute Gasteiger partial charge is 0.0632 e. The molecule has 1 aromatic carbocycles. The zero-order chi connectivity index (χ0) is 11.1. The van der Waals surface area contributed by atoms with Crippen LogP contribution in [-0.4, -0.2) is 12.6 Å². The number of benzene rings is 1. The quantitative estimate of drug-likeness (QED) is 0.784. The van der Waals surface area contributed by atoms with Crippen LogP contribution in [0.25, 0.3) is 0 Å². The summed E-state index contributed by atoms with van der Waals surface area (Å²) in [6.45, 7) is 3.40. The van der Waals surface area contributed by atoms with E-state index >= 15 is 0 Å². The number of anilines is 2. The summed E-state index contributed by atoms with van der Waals surface area (Å²) in [5.41, 5.74) is 9.72. The van der Waals surface area contributed by atoms with Gasteiger partial charge in [-0.15, -0.1) is 0 Å². The van der Waals surface area contributed by atoms with E-state index in [1.807, 2.05) is 6.07 Å². The van der Waals surface area contributed by atoms with Crippen LogP contribution >= 0.6 is 0 Å². The van der Waals surface area contributed by atoms with E-state index in [9.17, 15) is 0 Å². The molecule has 3 rings (SSSR count). The van der Waals surface area contributed by atoms with Gasteiger partial charge in [0.25, 0.3) is 0 Å². The van der Waals surface area contributed by atoms with E-state index in [1.165, 1.54) is 43.5 Å². The molecule has 2 saturated carbocycles. The summed E-state index contributed by atoms with van der Waals surface area (Å²) in [6.07, 6.45) is 5.52. The zero-order valence-corrected chi connectivity index (χ0v) is 9.95. The van der Waals surface area contributed by atoms with E-state index in [0.717, 1.165) is 17.6 Å². The molecule has 0 unspecified atom stereocenters. The number of hydrogen-bond donors (Lipinski definition) is 1. The molecular formula is C14H20N2. The largest absolute Gasteiger partial charge is 0.397 e. The van der Waals surface area contributed by atoms with Crippen LogP contribution < -0.4 is 10.6 Å². The standard InChI is InChI=1S/C14H20N2/c1-10-3-2-4-13(15)14(10)16(12-7-8-12)9-11-5-6-11/h2-4,11-12H,5-9,15H2,1H3. The zero-order valence-electron chi connectivity index (χ0n) is 9.95. The minimum atomic E-state index is 0.768. The predicted molar refractivity (Wildman–Crippen MR) is 68.7 cm³/mol. The van der Waals surface area contributed by atoms with Crippen LogP contribution in [0.3, 0.4) is 0 Å². The molecular weight excluding hydrogens is 196 g/mol. The van der Waals surface area contributed by atoms with Crippen molar-refractivity contribution < 1.29 is 0 Å². The maximum atomic E-state index is 6.14. The van der Waals surface area contributed by atoms with Crippen LogP contribution in [-0.2, 0) is 0 Å². The number of nitrogens with zero attached hydrogens (tertiary/aromatic N) is 1. The molecule has 2 fully saturated rings. The van der Waals surface area contributed by atoms with Crippen molar-refractivity contribution in [2.24, 2.45) is 5.92 Å². The van der Waals surface area contributed by atoms with Gasteiger partial charge in [-0.05, 0) is 50.2 Å². The van der Waals surface area contributed by atoms with Crippen molar-refractivity contribution in [2.45, 2.75) is 38.6 Å². The number of nitrogens with two attached hydrogens (primary N) is 1. The SMILES string of the molecule is Cc1cccc(N)c1N(CC1CC1)C1CC1. The molecule has 2 nitrogen and oxygen atoms in total. The van der Waals surface area contributed by atoms with Gasteiger partial charge in [-0.25, -0.2) is 0 Å². The van der Waals surface area contributed by atoms with E-state index in [0.29, 0.717) is 0 Å². The Bertz CT molecular complexity index is 371. The van der Waals surface area contributed by atoms with E-state index in [-0.39, 0.29) is 0 Å². The van der Waals surface area contributed by atoms with Crippen LogP contribution in [0.4, 0.5) is 11.4 Å². The predicted octanol–water partition coefficient (Wildman–Crippen LogP) is 2.96. The first-order chi connectivity index (χ1) is 7.75. The molecule has 2 heteroatoms. The monoisotopic (exact) mass is 216 g/mol. The average molecular weight is 216 g/mol. The number of nitrogen functional groups attached to an aromatic ring is 1. The Hall–Kier alpha value is -1.18. The second-order valence-corrected chi connectivity index (χ2v) is 5.34. The highest BCUT2D eigenvalue weighted by Gasteiger charge is 2.35. The summed E-state index contributed by atoms with van der Waals surface area (Å²) in [6, 6.07) is 7.03. The van der Waals surface area contributed by atoms with Gasteiger partial charge in [0.1, 0.15) is 0 Å². The summed E-state index contributed by atoms with van der Waals surface area (Å²) in [7, 11) is 0. The first kappa shape index (κ1) is 10.0. The minimum absolute atomic E-state index is 0.768. The molecule has 0 bridgehead atoms. The molecule has 2 aliphatic carbocycles. The van der Waals surface area contributed by atoms with Crippen LogP contribution in [0.2, 0.25) is 0 Å². The van der Waals surface area contributed by atoms with Gasteiger partial charge in [0, 0.05) is 12.6 Å². The van der Waals surface area contributed by atoms with Crippen molar-refractivity contribution in [2.75, 3.05) is 17.2 Å². The molecule has 1 aromatic rings. The molecule has 0 saturated heterocycles. The third-order valence-corrected chi connectivity index (χ3v) is 3.70. The summed E-state index contributed by atoms with van der Waals surface area (Å²) in [5.74, 6) is 0.930. The second-order valence-electron chi connectivity index (χ2n) is 5.34. The Kier molecular flexibility index (Phi) is 2.31. The number of rotatable bonds is 4. The molecule has 86 valence electrons. The summed E-state index contributed by atoms with van der Waals surface area (Å²) < 4.78 is 0. The average Bonchev–Trinajstić information content (AvgIpc) is 3.11. The van der Waals surface area contributed by atoms with Crippen LogP contribution in [0.5, 0.6) is 0 Å². The number of hydrogen-bond acceptors (Lipinski definition) is 2. The summed E-state index contributed by atoms with van der Waals surface area (Å²) >= 11 is 0. The lowest BCUT2D eigenvalue weighted by atomic mass is 10.1. The highest BCUT2D eigenvalue weighted by molar-refractivity contribution is 5.72. The lowest BCUT2D eigenvalue weighted by Gasteiger charge is -2.27. The van der Waals surface area contributed by atoms with Crippen molar-refractivity contribution in [1.82, 2.24) is 0 Å². The molecule has 2 N–H and O–H groups in total. The van der Waals surface area contributed by atoms with Crippen molar-refractivity contribution in [3.05, 3.63) is 23.8 Å². The van der Waals surface area contributed by atoms with Gasteiger partial charge in [-0.2, -0.15) is 0 Å². The lowest BCUT2D eigenvalue weighted by molar-refractivity contribution is 0.718. The van der Waals surface area contributed by atoms with Crippen molar-refractivity contribution in [1.29, 1.82) is 0 Å². The second kappa shape index (κ2) is 3.69. The van der Waals surface area contributed by atoms with Gasteiger partial charge < -0.3 is 10.6 Å². The summed E-state index contributed by atoms with van der Waals surface area (Å²) in [5, 5.41) is 0. The first-order valence-electron chi connectivity index (χ1n) is 6.37. The Balaban J connectivity index is 1.90. The fraction of sp³-hybridized carbons (Fsp3) is 0.571. The van der Waals surface area contributed by atoms with Crippen molar-refractivity contribution in [3.8, 4) is 0 Å². The normalized spacial score (nSPS) is 19.8. The number of para-hydroxylation sites is 1. The lowest BCUT2D eigenvalue weighted by Crippen LogP contribution is -2.29. The molecule has 2 aliphatic rings. The highest BCUT2D eigenvalue weighted by atomic mass is 15.2. The molecule has 0 amide bonds. The molecule has 0 atom stereocenters.